The average Bonchev–Trinajstić information content (AvgIpc) is 3.12. The van der Waals surface area contributed by atoms with Gasteiger partial charge in [0.2, 0.25) is 0 Å². The van der Waals surface area contributed by atoms with E-state index in [2.05, 4.69) is 43.2 Å². The first kappa shape index (κ1) is 16.1. The van der Waals surface area contributed by atoms with E-state index < -0.39 is 0 Å². The normalized spacial score (nSPS) is 15.5. The van der Waals surface area contributed by atoms with Gasteiger partial charge < -0.3 is 4.90 Å². The molecule has 25 heavy (non-hydrogen) atoms. The van der Waals surface area contributed by atoms with Gasteiger partial charge in [-0.3, -0.25) is 4.90 Å². The van der Waals surface area contributed by atoms with Gasteiger partial charge in [0.15, 0.2) is 11.0 Å². The minimum absolute atomic E-state index is 0.472. The topological polar surface area (TPSA) is 50.1 Å². The highest BCUT2D eigenvalue weighted by Crippen LogP contribution is 2.21. The Morgan fingerprint density at radius 3 is 2.48 bits per heavy atom. The molecule has 3 aromatic rings. The Morgan fingerprint density at radius 2 is 1.72 bits per heavy atom. The molecule has 0 radical (unpaired) electrons. The molecule has 6 nitrogen and oxygen atoms in total. The zero-order valence-corrected chi connectivity index (χ0v) is 14.5. The van der Waals surface area contributed by atoms with Crippen LogP contribution in [-0.4, -0.2) is 50.8 Å². The molecule has 0 bridgehead atoms. The van der Waals surface area contributed by atoms with E-state index in [1.807, 2.05) is 29.1 Å². The lowest BCUT2D eigenvalue weighted by Gasteiger charge is -2.35. The Bertz CT molecular complexity index is 826. The molecular weight excluding hydrogens is 336 g/mol. The van der Waals surface area contributed by atoms with Gasteiger partial charge >= 0.3 is 0 Å². The summed E-state index contributed by atoms with van der Waals surface area (Å²) >= 11 is 6.14. The number of aromatic nitrogens is 4. The van der Waals surface area contributed by atoms with Crippen LogP contribution < -0.4 is 4.90 Å². The van der Waals surface area contributed by atoms with Crippen molar-refractivity contribution < 1.29 is 0 Å². The third kappa shape index (κ3) is 3.65. The summed E-state index contributed by atoms with van der Waals surface area (Å²) in [5.74, 6) is 0.778. The molecule has 7 heteroatoms. The Balaban J connectivity index is 1.36. The summed E-state index contributed by atoms with van der Waals surface area (Å²) in [6.07, 6.45) is 7.35. The number of hydrogen-bond donors (Lipinski definition) is 0. The lowest BCUT2D eigenvalue weighted by atomic mass is 10.2. The van der Waals surface area contributed by atoms with E-state index in [0.717, 1.165) is 44.2 Å². The standard InChI is InChI=1S/C18H19ClN6/c19-17-18(21-7-6-20-17)24-10-8-23(9-11-24)13-15-12-22-25(14-15)16-4-2-1-3-5-16/h1-7,12,14H,8-11,13H2. The van der Waals surface area contributed by atoms with Crippen LogP contribution in [0.1, 0.15) is 5.56 Å². The number of piperazine rings is 1. The minimum Gasteiger partial charge on any atom is -0.351 e. The summed E-state index contributed by atoms with van der Waals surface area (Å²) in [6.45, 7) is 4.61. The van der Waals surface area contributed by atoms with E-state index in [-0.39, 0.29) is 0 Å². The SMILES string of the molecule is Clc1nccnc1N1CCN(Cc2cnn(-c3ccccc3)c2)CC1. The molecule has 1 saturated heterocycles. The van der Waals surface area contributed by atoms with Gasteiger partial charge in [-0.05, 0) is 12.1 Å². The first-order chi connectivity index (χ1) is 12.3. The van der Waals surface area contributed by atoms with Crippen LogP contribution in [-0.2, 0) is 6.54 Å². The van der Waals surface area contributed by atoms with E-state index in [1.165, 1.54) is 5.56 Å². The van der Waals surface area contributed by atoms with Gasteiger partial charge in [0.1, 0.15) is 0 Å². The third-order valence-corrected chi connectivity index (χ3v) is 4.64. The zero-order valence-electron chi connectivity index (χ0n) is 13.8. The number of halogens is 1. The lowest BCUT2D eigenvalue weighted by Crippen LogP contribution is -2.46. The van der Waals surface area contributed by atoms with Crippen molar-refractivity contribution >= 4 is 17.4 Å². The summed E-state index contributed by atoms with van der Waals surface area (Å²) in [6, 6.07) is 10.2. The van der Waals surface area contributed by atoms with Crippen LogP contribution in [0.25, 0.3) is 5.69 Å². The molecule has 0 spiro atoms. The Labute approximate surface area is 151 Å². The molecule has 1 aliphatic heterocycles. The molecule has 0 saturated carbocycles. The van der Waals surface area contributed by atoms with E-state index in [1.54, 1.807) is 12.4 Å². The molecule has 2 aromatic heterocycles. The van der Waals surface area contributed by atoms with E-state index in [0.29, 0.717) is 5.15 Å². The maximum Gasteiger partial charge on any atom is 0.171 e. The zero-order chi connectivity index (χ0) is 17.1. The largest absolute Gasteiger partial charge is 0.351 e. The quantitative estimate of drug-likeness (QED) is 0.721. The van der Waals surface area contributed by atoms with Crippen molar-refractivity contribution in [2.24, 2.45) is 0 Å². The Hall–Kier alpha value is -2.44. The average molecular weight is 355 g/mol. The third-order valence-electron chi connectivity index (χ3n) is 4.37. The Morgan fingerprint density at radius 1 is 0.960 bits per heavy atom. The fourth-order valence-corrected chi connectivity index (χ4v) is 3.29. The number of hydrogen-bond acceptors (Lipinski definition) is 5. The highest BCUT2D eigenvalue weighted by atomic mass is 35.5. The van der Waals surface area contributed by atoms with Crippen LogP contribution in [0.4, 0.5) is 5.82 Å². The molecule has 3 heterocycles. The first-order valence-corrected chi connectivity index (χ1v) is 8.70. The molecule has 1 fully saturated rings. The summed E-state index contributed by atoms with van der Waals surface area (Å²) in [5, 5.41) is 4.94. The first-order valence-electron chi connectivity index (χ1n) is 8.32. The van der Waals surface area contributed by atoms with Crippen LogP contribution in [0.3, 0.4) is 0 Å². The minimum atomic E-state index is 0.472. The maximum absolute atomic E-state index is 6.14. The number of anilines is 1. The van der Waals surface area contributed by atoms with Crippen molar-refractivity contribution in [1.82, 2.24) is 24.6 Å². The van der Waals surface area contributed by atoms with Gasteiger partial charge in [0.05, 0.1) is 11.9 Å². The summed E-state index contributed by atoms with van der Waals surface area (Å²) in [4.78, 5) is 13.1. The monoisotopic (exact) mass is 354 g/mol. The smallest absolute Gasteiger partial charge is 0.171 e. The maximum atomic E-state index is 6.14. The molecular formula is C18H19ClN6. The second kappa shape index (κ2) is 7.21. The van der Waals surface area contributed by atoms with Crippen LogP contribution in [0.5, 0.6) is 0 Å². The molecule has 0 amide bonds. The van der Waals surface area contributed by atoms with Crippen LogP contribution in [0.15, 0.2) is 55.1 Å². The number of benzene rings is 1. The van der Waals surface area contributed by atoms with Crippen molar-refractivity contribution in [3.8, 4) is 5.69 Å². The Kier molecular flexibility index (Phi) is 4.63. The van der Waals surface area contributed by atoms with E-state index in [4.69, 9.17) is 11.6 Å². The van der Waals surface area contributed by atoms with Crippen LogP contribution in [0, 0.1) is 0 Å². The predicted molar refractivity (Wildman–Crippen MR) is 98.1 cm³/mol. The van der Waals surface area contributed by atoms with E-state index in [9.17, 15) is 0 Å². The fourth-order valence-electron chi connectivity index (χ4n) is 3.07. The molecule has 0 atom stereocenters. The molecule has 0 N–H and O–H groups in total. The molecule has 128 valence electrons. The van der Waals surface area contributed by atoms with Crippen molar-refractivity contribution in [3.63, 3.8) is 0 Å². The predicted octanol–water partition coefficient (Wildman–Crippen LogP) is 2.64. The summed E-state index contributed by atoms with van der Waals surface area (Å²) in [7, 11) is 0. The molecule has 1 aromatic carbocycles. The van der Waals surface area contributed by atoms with Crippen LogP contribution in [0.2, 0.25) is 5.15 Å². The van der Waals surface area contributed by atoms with Crippen molar-refractivity contribution in [2.45, 2.75) is 6.54 Å². The van der Waals surface area contributed by atoms with Gasteiger partial charge in [-0.2, -0.15) is 5.10 Å². The van der Waals surface area contributed by atoms with Crippen molar-refractivity contribution in [3.05, 3.63) is 65.8 Å². The summed E-state index contributed by atoms with van der Waals surface area (Å²) < 4.78 is 1.92. The van der Waals surface area contributed by atoms with Gasteiger partial charge in [-0.1, -0.05) is 29.8 Å². The molecule has 4 rings (SSSR count). The number of rotatable bonds is 4. The van der Waals surface area contributed by atoms with Crippen molar-refractivity contribution in [2.75, 3.05) is 31.1 Å². The highest BCUT2D eigenvalue weighted by Gasteiger charge is 2.20. The second-order valence-corrected chi connectivity index (χ2v) is 6.42. The van der Waals surface area contributed by atoms with Crippen LogP contribution >= 0.6 is 11.6 Å². The summed E-state index contributed by atoms with van der Waals surface area (Å²) in [5.41, 5.74) is 2.30. The highest BCUT2D eigenvalue weighted by molar-refractivity contribution is 6.31. The number of nitrogens with zero attached hydrogens (tertiary/aromatic N) is 6. The number of para-hydroxylation sites is 1. The van der Waals surface area contributed by atoms with Gasteiger partial charge in [0, 0.05) is 56.9 Å². The van der Waals surface area contributed by atoms with Gasteiger partial charge in [-0.15, -0.1) is 0 Å². The fraction of sp³-hybridized carbons (Fsp3) is 0.278. The molecule has 0 unspecified atom stereocenters. The molecule has 1 aliphatic rings. The van der Waals surface area contributed by atoms with Crippen molar-refractivity contribution in [1.29, 1.82) is 0 Å². The second-order valence-electron chi connectivity index (χ2n) is 6.06. The van der Waals surface area contributed by atoms with Gasteiger partial charge in [-0.25, -0.2) is 14.6 Å². The van der Waals surface area contributed by atoms with Gasteiger partial charge in [0.25, 0.3) is 0 Å². The molecule has 0 aliphatic carbocycles. The lowest BCUT2D eigenvalue weighted by molar-refractivity contribution is 0.249. The van der Waals surface area contributed by atoms with E-state index >= 15 is 0 Å².